The summed E-state index contributed by atoms with van der Waals surface area (Å²) in [7, 11) is 1.83. The second-order valence-corrected chi connectivity index (χ2v) is 8.67. The van der Waals surface area contributed by atoms with Crippen LogP contribution in [0.15, 0.2) is 58.3 Å². The van der Waals surface area contributed by atoms with E-state index in [1.807, 2.05) is 19.3 Å². The number of dihydropyridines is 1. The maximum atomic E-state index is 14.3. The average molecular weight is 381 g/mol. The molecule has 0 amide bonds. The third-order valence-corrected chi connectivity index (χ3v) is 7.02. The summed E-state index contributed by atoms with van der Waals surface area (Å²) in [5.74, 6) is -0.178. The number of halogens is 1. The highest BCUT2D eigenvalue weighted by atomic mass is 19.1. The highest BCUT2D eigenvalue weighted by Gasteiger charge is 2.54. The molecule has 1 aromatic carbocycles. The first-order valence-corrected chi connectivity index (χ1v) is 10.1. The van der Waals surface area contributed by atoms with E-state index in [2.05, 4.69) is 29.9 Å². The van der Waals surface area contributed by atoms with Gasteiger partial charge in [0.2, 0.25) is 0 Å². The van der Waals surface area contributed by atoms with E-state index >= 15 is 0 Å². The van der Waals surface area contributed by atoms with Gasteiger partial charge in [-0.25, -0.2) is 4.39 Å². The molecule has 1 aliphatic heterocycles. The lowest BCUT2D eigenvalue weighted by Gasteiger charge is -2.44. The van der Waals surface area contributed by atoms with Crippen molar-refractivity contribution in [3.63, 3.8) is 0 Å². The Morgan fingerprint density at radius 2 is 2.14 bits per heavy atom. The summed E-state index contributed by atoms with van der Waals surface area (Å²) >= 11 is 0. The fraction of sp³-hybridized carbons (Fsp3) is 0.458. The lowest BCUT2D eigenvalue weighted by atomic mass is 9.64. The van der Waals surface area contributed by atoms with Gasteiger partial charge in [-0.05, 0) is 61.9 Å². The Hall–Kier alpha value is -2.04. The zero-order chi connectivity index (χ0) is 19.9. The van der Waals surface area contributed by atoms with Crippen LogP contribution in [0.2, 0.25) is 0 Å². The van der Waals surface area contributed by atoms with Crippen molar-refractivity contribution in [2.75, 3.05) is 7.05 Å². The fourth-order valence-corrected chi connectivity index (χ4v) is 5.18. The molecule has 1 heterocycles. The maximum absolute atomic E-state index is 14.3. The molecule has 0 spiro atoms. The van der Waals surface area contributed by atoms with Crippen LogP contribution in [0, 0.1) is 11.2 Å². The minimum absolute atomic E-state index is 0.178. The van der Waals surface area contributed by atoms with Crippen molar-refractivity contribution in [1.29, 1.82) is 0 Å². The minimum Gasteiger partial charge on any atom is -0.389 e. The monoisotopic (exact) mass is 380 g/mol. The average Bonchev–Trinajstić information content (AvgIpc) is 2.91. The van der Waals surface area contributed by atoms with Gasteiger partial charge in [-0.15, -0.1) is 0 Å². The molecule has 1 fully saturated rings. The van der Waals surface area contributed by atoms with Gasteiger partial charge in [-0.2, -0.15) is 0 Å². The van der Waals surface area contributed by atoms with Crippen molar-refractivity contribution in [3.05, 3.63) is 70.2 Å². The third-order valence-electron chi connectivity index (χ3n) is 7.02. The Morgan fingerprint density at radius 3 is 2.93 bits per heavy atom. The SMILES string of the molecule is C=C1CC2=C(C=N1)CC1(C)C(=C2)CC[C@@]1(O)CCc1cccc(F)c1CNC. The number of rotatable bonds is 5. The van der Waals surface area contributed by atoms with E-state index in [9.17, 15) is 9.50 Å². The predicted molar refractivity (Wildman–Crippen MR) is 112 cm³/mol. The van der Waals surface area contributed by atoms with Crippen LogP contribution in [0.5, 0.6) is 0 Å². The molecule has 28 heavy (non-hydrogen) atoms. The van der Waals surface area contributed by atoms with Crippen molar-refractivity contribution in [3.8, 4) is 0 Å². The Balaban J connectivity index is 1.57. The summed E-state index contributed by atoms with van der Waals surface area (Å²) in [6.07, 6.45) is 8.80. The maximum Gasteiger partial charge on any atom is 0.127 e. The number of fused-ring (bicyclic) bond motifs is 1. The molecule has 0 radical (unpaired) electrons. The van der Waals surface area contributed by atoms with E-state index in [0.717, 1.165) is 36.9 Å². The van der Waals surface area contributed by atoms with Crippen LogP contribution in [0.3, 0.4) is 0 Å². The Bertz CT molecular complexity index is 913. The van der Waals surface area contributed by atoms with Crippen molar-refractivity contribution in [2.24, 2.45) is 10.4 Å². The number of aliphatic hydroxyl groups is 1. The smallest absolute Gasteiger partial charge is 0.127 e. The predicted octanol–water partition coefficient (Wildman–Crippen LogP) is 4.62. The second kappa shape index (κ2) is 7.09. The minimum atomic E-state index is -0.789. The molecule has 3 aliphatic rings. The van der Waals surface area contributed by atoms with Crippen LogP contribution in [0.4, 0.5) is 4.39 Å². The summed E-state index contributed by atoms with van der Waals surface area (Å²) in [4.78, 5) is 4.41. The molecule has 0 saturated heterocycles. The molecule has 2 aliphatic carbocycles. The lowest BCUT2D eigenvalue weighted by Crippen LogP contribution is -2.44. The molecule has 4 rings (SSSR count). The molecular weight excluding hydrogens is 351 g/mol. The van der Waals surface area contributed by atoms with Crippen LogP contribution in [0.25, 0.3) is 0 Å². The molecule has 2 N–H and O–H groups in total. The number of hydrogen-bond donors (Lipinski definition) is 2. The Labute approximate surface area is 166 Å². The molecule has 0 aromatic heterocycles. The first kappa shape index (κ1) is 19.3. The number of hydrogen-bond acceptors (Lipinski definition) is 3. The molecule has 3 nitrogen and oxygen atoms in total. The standard InChI is InChI=1S/C24H29FN2O/c1-16-11-18-12-20-8-10-24(28,23(20,2)13-19(18)14-27-16)9-7-17-5-4-6-22(25)21(17)15-26-3/h4-6,12,14,26,28H,1,7-11,13,15H2,2-3H3/t23?,24-/m0/s1. The summed E-state index contributed by atoms with van der Waals surface area (Å²) in [5, 5.41) is 14.8. The van der Waals surface area contributed by atoms with E-state index < -0.39 is 5.60 Å². The first-order valence-electron chi connectivity index (χ1n) is 10.1. The van der Waals surface area contributed by atoms with E-state index in [0.29, 0.717) is 24.9 Å². The van der Waals surface area contributed by atoms with Crippen molar-refractivity contribution in [2.45, 2.75) is 57.6 Å². The first-order chi connectivity index (χ1) is 13.4. The van der Waals surface area contributed by atoms with Gasteiger partial charge in [0, 0.05) is 35.9 Å². The molecular formula is C24H29FN2O. The number of allylic oxidation sites excluding steroid dienone is 3. The van der Waals surface area contributed by atoms with Gasteiger partial charge in [0.25, 0.3) is 0 Å². The number of aliphatic imine (C=N–C) groups is 1. The number of nitrogens with zero attached hydrogens (tertiary/aromatic N) is 1. The topological polar surface area (TPSA) is 44.6 Å². The van der Waals surface area contributed by atoms with Crippen molar-refractivity contribution < 1.29 is 9.50 Å². The van der Waals surface area contributed by atoms with Gasteiger partial charge in [0.05, 0.1) is 5.60 Å². The summed E-state index contributed by atoms with van der Waals surface area (Å²) in [5.41, 5.74) is 5.38. The third kappa shape index (κ3) is 3.09. The fourth-order valence-electron chi connectivity index (χ4n) is 5.18. The molecule has 1 aromatic rings. The van der Waals surface area contributed by atoms with Crippen LogP contribution >= 0.6 is 0 Å². The summed E-state index contributed by atoms with van der Waals surface area (Å²) < 4.78 is 14.3. The molecule has 0 bridgehead atoms. The van der Waals surface area contributed by atoms with E-state index in [1.165, 1.54) is 22.8 Å². The van der Waals surface area contributed by atoms with E-state index in [1.54, 1.807) is 6.07 Å². The van der Waals surface area contributed by atoms with E-state index in [4.69, 9.17) is 0 Å². The number of aryl methyl sites for hydroxylation is 1. The number of benzene rings is 1. The van der Waals surface area contributed by atoms with Crippen molar-refractivity contribution in [1.82, 2.24) is 5.32 Å². The number of nitrogens with one attached hydrogen (secondary N) is 1. The van der Waals surface area contributed by atoms with Crippen molar-refractivity contribution >= 4 is 6.21 Å². The van der Waals surface area contributed by atoms with Gasteiger partial charge >= 0.3 is 0 Å². The largest absolute Gasteiger partial charge is 0.389 e. The molecule has 2 atom stereocenters. The Morgan fingerprint density at radius 1 is 1.32 bits per heavy atom. The molecule has 4 heteroatoms. The second-order valence-electron chi connectivity index (χ2n) is 8.67. The summed E-state index contributed by atoms with van der Waals surface area (Å²) in [6, 6.07) is 5.25. The molecule has 1 unspecified atom stereocenters. The van der Waals surface area contributed by atoms with Gasteiger partial charge in [-0.1, -0.05) is 37.3 Å². The van der Waals surface area contributed by atoms with Crippen LogP contribution in [0.1, 0.15) is 50.2 Å². The van der Waals surface area contributed by atoms with Gasteiger partial charge in [0.15, 0.2) is 0 Å². The van der Waals surface area contributed by atoms with Gasteiger partial charge in [-0.3, -0.25) is 4.99 Å². The zero-order valence-corrected chi connectivity index (χ0v) is 16.8. The lowest BCUT2D eigenvalue weighted by molar-refractivity contribution is -0.0459. The highest BCUT2D eigenvalue weighted by molar-refractivity contribution is 5.84. The van der Waals surface area contributed by atoms with Crippen LogP contribution < -0.4 is 5.32 Å². The van der Waals surface area contributed by atoms with Gasteiger partial charge < -0.3 is 10.4 Å². The molecule has 148 valence electrons. The van der Waals surface area contributed by atoms with Crippen LogP contribution in [-0.4, -0.2) is 24.0 Å². The van der Waals surface area contributed by atoms with Gasteiger partial charge in [0.1, 0.15) is 5.82 Å². The molecule has 1 saturated carbocycles. The zero-order valence-electron chi connectivity index (χ0n) is 16.8. The normalized spacial score (nSPS) is 29.0. The highest BCUT2D eigenvalue weighted by Crippen LogP contribution is 2.58. The quantitative estimate of drug-likeness (QED) is 0.783. The van der Waals surface area contributed by atoms with E-state index in [-0.39, 0.29) is 11.2 Å². The Kier molecular flexibility index (Phi) is 4.88. The summed E-state index contributed by atoms with van der Waals surface area (Å²) in [6.45, 7) is 6.67. The van der Waals surface area contributed by atoms with Crippen LogP contribution in [-0.2, 0) is 13.0 Å².